The van der Waals surface area contributed by atoms with Crippen LogP contribution in [0.3, 0.4) is 0 Å². The van der Waals surface area contributed by atoms with E-state index in [0.29, 0.717) is 12.4 Å². The first-order chi connectivity index (χ1) is 8.79. The molecule has 0 aliphatic carbocycles. The second-order valence-corrected chi connectivity index (χ2v) is 3.98. The number of aromatic nitrogens is 3. The van der Waals surface area contributed by atoms with Crippen LogP contribution in [-0.2, 0) is 6.42 Å². The van der Waals surface area contributed by atoms with Gasteiger partial charge in [0, 0.05) is 13.5 Å². The molecule has 6 heteroatoms. The Hall–Kier alpha value is -2.37. The van der Waals surface area contributed by atoms with Gasteiger partial charge >= 0.3 is 0 Å². The first kappa shape index (κ1) is 10.8. The van der Waals surface area contributed by atoms with Gasteiger partial charge in [0.15, 0.2) is 5.82 Å². The number of nitrogens with one attached hydrogen (secondary N) is 2. The van der Waals surface area contributed by atoms with Crippen LogP contribution in [0.4, 0.5) is 0 Å². The van der Waals surface area contributed by atoms with Gasteiger partial charge in [0.2, 0.25) is 5.82 Å². The maximum atomic E-state index is 11.4. The highest BCUT2D eigenvalue weighted by atomic mass is 16.5. The van der Waals surface area contributed by atoms with Crippen molar-refractivity contribution in [3.05, 3.63) is 29.6 Å². The minimum atomic E-state index is -0.290. The van der Waals surface area contributed by atoms with Crippen molar-refractivity contribution >= 4 is 5.91 Å². The largest absolute Gasteiger partial charge is 0.492 e. The van der Waals surface area contributed by atoms with Gasteiger partial charge in [-0.05, 0) is 11.6 Å². The van der Waals surface area contributed by atoms with Gasteiger partial charge in [-0.1, -0.05) is 12.1 Å². The molecule has 18 heavy (non-hydrogen) atoms. The second kappa shape index (κ2) is 4.14. The van der Waals surface area contributed by atoms with Crippen LogP contribution in [0.5, 0.6) is 5.75 Å². The summed E-state index contributed by atoms with van der Waals surface area (Å²) in [6, 6.07) is 5.86. The summed E-state index contributed by atoms with van der Waals surface area (Å²) >= 11 is 0. The fourth-order valence-electron chi connectivity index (χ4n) is 1.99. The molecule has 2 aromatic rings. The number of nitrogens with zero attached hydrogens (tertiary/aromatic N) is 2. The smallest absolute Gasteiger partial charge is 0.288 e. The molecule has 1 aliphatic rings. The maximum Gasteiger partial charge on any atom is 0.288 e. The van der Waals surface area contributed by atoms with Gasteiger partial charge < -0.3 is 10.1 Å². The van der Waals surface area contributed by atoms with E-state index in [1.54, 1.807) is 7.05 Å². The summed E-state index contributed by atoms with van der Waals surface area (Å²) < 4.78 is 5.59. The monoisotopic (exact) mass is 244 g/mol. The number of fused-ring (bicyclic) bond motifs is 1. The number of para-hydroxylation sites is 1. The maximum absolute atomic E-state index is 11.4. The van der Waals surface area contributed by atoms with E-state index >= 15 is 0 Å². The summed E-state index contributed by atoms with van der Waals surface area (Å²) in [5.41, 5.74) is 1.97. The Morgan fingerprint density at radius 1 is 1.50 bits per heavy atom. The third-order valence-electron chi connectivity index (χ3n) is 2.88. The zero-order valence-corrected chi connectivity index (χ0v) is 9.86. The normalized spacial score (nSPS) is 12.9. The molecule has 2 heterocycles. The van der Waals surface area contributed by atoms with Crippen molar-refractivity contribution in [2.75, 3.05) is 13.7 Å². The molecule has 1 aliphatic heterocycles. The highest BCUT2D eigenvalue weighted by Gasteiger charge is 2.20. The molecule has 0 spiro atoms. The van der Waals surface area contributed by atoms with E-state index in [9.17, 15) is 4.79 Å². The molecule has 92 valence electrons. The summed E-state index contributed by atoms with van der Waals surface area (Å²) in [5, 5.41) is 9.17. The number of hydrogen-bond donors (Lipinski definition) is 2. The average Bonchev–Trinajstić information content (AvgIpc) is 3.05. The molecule has 1 aromatic carbocycles. The van der Waals surface area contributed by atoms with Crippen LogP contribution in [0, 0.1) is 0 Å². The van der Waals surface area contributed by atoms with Crippen LogP contribution >= 0.6 is 0 Å². The number of ether oxygens (including phenoxy) is 1. The molecule has 0 unspecified atom stereocenters. The molecule has 2 N–H and O–H groups in total. The van der Waals surface area contributed by atoms with E-state index in [1.165, 1.54) is 0 Å². The lowest BCUT2D eigenvalue weighted by Crippen LogP contribution is -2.19. The Morgan fingerprint density at radius 3 is 3.22 bits per heavy atom. The topological polar surface area (TPSA) is 79.9 Å². The lowest BCUT2D eigenvalue weighted by Gasteiger charge is -2.03. The van der Waals surface area contributed by atoms with Crippen LogP contribution in [-0.4, -0.2) is 34.7 Å². The summed E-state index contributed by atoms with van der Waals surface area (Å²) in [6.07, 6.45) is 0.899. The molecule has 0 radical (unpaired) electrons. The minimum Gasteiger partial charge on any atom is -0.492 e. The Balaban J connectivity index is 2.03. The Morgan fingerprint density at radius 2 is 2.39 bits per heavy atom. The van der Waals surface area contributed by atoms with Crippen molar-refractivity contribution in [1.29, 1.82) is 0 Å². The molecule has 1 aromatic heterocycles. The quantitative estimate of drug-likeness (QED) is 0.817. The molecular formula is C12H12N4O2. The molecule has 0 bridgehead atoms. The van der Waals surface area contributed by atoms with Crippen molar-refractivity contribution in [2.45, 2.75) is 6.42 Å². The Labute approximate surface area is 103 Å². The number of H-pyrrole nitrogens is 1. The number of hydrogen-bond acceptors (Lipinski definition) is 4. The molecular weight excluding hydrogens is 232 g/mol. The summed E-state index contributed by atoms with van der Waals surface area (Å²) in [5.74, 6) is 1.21. The molecule has 6 nitrogen and oxygen atoms in total. The first-order valence-corrected chi connectivity index (χ1v) is 5.69. The predicted molar refractivity (Wildman–Crippen MR) is 64.4 cm³/mol. The first-order valence-electron chi connectivity index (χ1n) is 5.69. The van der Waals surface area contributed by atoms with Crippen LogP contribution in [0.25, 0.3) is 11.4 Å². The van der Waals surface area contributed by atoms with E-state index < -0.39 is 0 Å². The zero-order valence-electron chi connectivity index (χ0n) is 9.86. The molecule has 1 amide bonds. The van der Waals surface area contributed by atoms with Crippen molar-refractivity contribution in [2.24, 2.45) is 0 Å². The van der Waals surface area contributed by atoms with Gasteiger partial charge in [-0.3, -0.25) is 9.89 Å². The average molecular weight is 244 g/mol. The molecule has 0 saturated heterocycles. The van der Waals surface area contributed by atoms with Crippen molar-refractivity contribution in [3.8, 4) is 17.1 Å². The SMILES string of the molecule is CNC(=O)c1nc(-c2cccc3c2OCC3)n[nH]1. The van der Waals surface area contributed by atoms with Gasteiger partial charge in [-0.2, -0.15) is 5.10 Å². The zero-order chi connectivity index (χ0) is 12.5. The van der Waals surface area contributed by atoms with E-state index in [1.807, 2.05) is 18.2 Å². The highest BCUT2D eigenvalue weighted by Crippen LogP contribution is 2.34. The third kappa shape index (κ3) is 1.62. The molecule has 3 rings (SSSR count). The number of carbonyl (C=O) groups is 1. The molecule has 0 fully saturated rings. The van der Waals surface area contributed by atoms with Crippen LogP contribution in [0.2, 0.25) is 0 Å². The van der Waals surface area contributed by atoms with E-state index in [0.717, 1.165) is 23.3 Å². The number of benzene rings is 1. The fourth-order valence-corrected chi connectivity index (χ4v) is 1.99. The summed E-state index contributed by atoms with van der Waals surface area (Å²) in [7, 11) is 1.55. The van der Waals surface area contributed by atoms with Crippen LogP contribution in [0.15, 0.2) is 18.2 Å². The predicted octanol–water partition coefficient (Wildman–Crippen LogP) is 0.766. The number of amides is 1. The van der Waals surface area contributed by atoms with Crippen LogP contribution < -0.4 is 10.1 Å². The Kier molecular flexibility index (Phi) is 2.47. The van der Waals surface area contributed by atoms with Crippen LogP contribution in [0.1, 0.15) is 16.2 Å². The Bertz CT molecular complexity index is 606. The van der Waals surface area contributed by atoms with Gasteiger partial charge in [-0.25, -0.2) is 4.98 Å². The van der Waals surface area contributed by atoms with Gasteiger partial charge in [0.05, 0.1) is 12.2 Å². The van der Waals surface area contributed by atoms with Crippen molar-refractivity contribution in [1.82, 2.24) is 20.5 Å². The number of carbonyl (C=O) groups excluding carboxylic acids is 1. The van der Waals surface area contributed by atoms with E-state index in [-0.39, 0.29) is 11.7 Å². The highest BCUT2D eigenvalue weighted by molar-refractivity contribution is 5.90. The van der Waals surface area contributed by atoms with Gasteiger partial charge in [0.25, 0.3) is 5.91 Å². The second-order valence-electron chi connectivity index (χ2n) is 3.98. The molecule has 0 saturated carbocycles. The summed E-state index contributed by atoms with van der Waals surface area (Å²) in [6.45, 7) is 0.680. The van der Waals surface area contributed by atoms with Crippen molar-refractivity contribution < 1.29 is 9.53 Å². The lowest BCUT2D eigenvalue weighted by molar-refractivity contribution is 0.0953. The third-order valence-corrected chi connectivity index (χ3v) is 2.88. The van der Waals surface area contributed by atoms with Gasteiger partial charge in [-0.15, -0.1) is 0 Å². The van der Waals surface area contributed by atoms with E-state index in [2.05, 4.69) is 20.5 Å². The van der Waals surface area contributed by atoms with Gasteiger partial charge in [0.1, 0.15) is 5.75 Å². The summed E-state index contributed by atoms with van der Waals surface area (Å²) in [4.78, 5) is 15.6. The molecule has 0 atom stereocenters. The van der Waals surface area contributed by atoms with E-state index in [4.69, 9.17) is 4.74 Å². The number of rotatable bonds is 2. The van der Waals surface area contributed by atoms with Crippen molar-refractivity contribution in [3.63, 3.8) is 0 Å². The lowest BCUT2D eigenvalue weighted by atomic mass is 10.1. The standard InChI is InChI=1S/C12H12N4O2/c1-13-12(17)11-14-10(15-16-11)8-4-2-3-7-5-6-18-9(7)8/h2-4H,5-6H2,1H3,(H,13,17)(H,14,15,16). The fraction of sp³-hybridized carbons (Fsp3) is 0.250. The number of aromatic amines is 1. The minimum absolute atomic E-state index is 0.197.